The summed E-state index contributed by atoms with van der Waals surface area (Å²) in [6.45, 7) is 6.11. The van der Waals surface area contributed by atoms with Crippen LogP contribution in [0.2, 0.25) is 0 Å². The monoisotopic (exact) mass is 325 g/mol. The average molecular weight is 325 g/mol. The second-order valence-corrected chi connectivity index (χ2v) is 6.03. The second kappa shape index (κ2) is 6.03. The number of carbonyl (C=O) groups is 1. The zero-order chi connectivity index (χ0) is 16.5. The van der Waals surface area contributed by atoms with Gasteiger partial charge in [0.2, 0.25) is 5.91 Å². The summed E-state index contributed by atoms with van der Waals surface area (Å²) in [6, 6.07) is 5.85. The summed E-state index contributed by atoms with van der Waals surface area (Å²) in [5.41, 5.74) is 1.90. The van der Waals surface area contributed by atoms with Gasteiger partial charge in [-0.25, -0.2) is 4.98 Å². The summed E-state index contributed by atoms with van der Waals surface area (Å²) in [5, 5.41) is 0. The Kier molecular flexibility index (Phi) is 3.72. The lowest BCUT2D eigenvalue weighted by Gasteiger charge is -2.18. The van der Waals surface area contributed by atoms with E-state index in [0.29, 0.717) is 32.7 Å². The van der Waals surface area contributed by atoms with E-state index in [-0.39, 0.29) is 11.8 Å². The Morgan fingerprint density at radius 1 is 1.33 bits per heavy atom. The first-order chi connectivity index (χ1) is 11.7. The SMILES string of the molecule is C=CCN1CC(c2ncc(-c3ccc4c(c3)OCCO4)[nH]2)CC1=O. The molecule has 0 radical (unpaired) electrons. The molecule has 1 amide bonds. The maximum atomic E-state index is 12.0. The molecule has 0 saturated carbocycles. The minimum Gasteiger partial charge on any atom is -0.486 e. The highest BCUT2D eigenvalue weighted by Crippen LogP contribution is 2.35. The van der Waals surface area contributed by atoms with Crippen molar-refractivity contribution in [1.82, 2.24) is 14.9 Å². The van der Waals surface area contributed by atoms with E-state index < -0.39 is 0 Å². The highest BCUT2D eigenvalue weighted by Gasteiger charge is 2.31. The van der Waals surface area contributed by atoms with Crippen molar-refractivity contribution in [2.45, 2.75) is 12.3 Å². The first-order valence-corrected chi connectivity index (χ1v) is 8.08. The predicted octanol–water partition coefficient (Wildman–Crippen LogP) is 2.35. The van der Waals surface area contributed by atoms with Gasteiger partial charge >= 0.3 is 0 Å². The van der Waals surface area contributed by atoms with Crippen molar-refractivity contribution in [2.24, 2.45) is 0 Å². The molecule has 2 aliphatic heterocycles. The minimum absolute atomic E-state index is 0.100. The van der Waals surface area contributed by atoms with Crippen molar-refractivity contribution in [3.63, 3.8) is 0 Å². The van der Waals surface area contributed by atoms with E-state index in [2.05, 4.69) is 16.5 Å². The first-order valence-electron chi connectivity index (χ1n) is 8.08. The van der Waals surface area contributed by atoms with Crippen LogP contribution in [0.4, 0.5) is 0 Å². The summed E-state index contributed by atoms with van der Waals surface area (Å²) in [7, 11) is 0. The van der Waals surface area contributed by atoms with Gasteiger partial charge in [-0.1, -0.05) is 6.08 Å². The molecule has 1 unspecified atom stereocenters. The van der Waals surface area contributed by atoms with Crippen molar-refractivity contribution in [2.75, 3.05) is 26.3 Å². The fourth-order valence-corrected chi connectivity index (χ4v) is 3.19. The highest BCUT2D eigenvalue weighted by atomic mass is 16.6. The van der Waals surface area contributed by atoms with E-state index in [1.165, 1.54) is 0 Å². The van der Waals surface area contributed by atoms with Gasteiger partial charge in [0.05, 0.1) is 11.9 Å². The molecule has 4 rings (SSSR count). The van der Waals surface area contributed by atoms with E-state index in [0.717, 1.165) is 28.6 Å². The third-order valence-electron chi connectivity index (χ3n) is 4.40. The fourth-order valence-electron chi connectivity index (χ4n) is 3.19. The Morgan fingerprint density at radius 3 is 3.00 bits per heavy atom. The zero-order valence-corrected chi connectivity index (χ0v) is 13.3. The summed E-state index contributed by atoms with van der Waals surface area (Å²) in [6.07, 6.45) is 4.05. The quantitative estimate of drug-likeness (QED) is 0.876. The molecule has 1 atom stereocenters. The molecule has 6 heteroatoms. The molecule has 2 aliphatic rings. The number of amides is 1. The number of hydrogen-bond donors (Lipinski definition) is 1. The number of benzene rings is 1. The Labute approximate surface area is 140 Å². The molecule has 1 N–H and O–H groups in total. The topological polar surface area (TPSA) is 67.5 Å². The van der Waals surface area contributed by atoms with E-state index in [1.807, 2.05) is 23.1 Å². The van der Waals surface area contributed by atoms with Crippen molar-refractivity contribution < 1.29 is 14.3 Å². The van der Waals surface area contributed by atoms with Gasteiger partial charge in [0, 0.05) is 31.0 Å². The van der Waals surface area contributed by atoms with Gasteiger partial charge in [-0.15, -0.1) is 6.58 Å². The maximum Gasteiger partial charge on any atom is 0.223 e. The van der Waals surface area contributed by atoms with E-state index >= 15 is 0 Å². The molecule has 0 aliphatic carbocycles. The van der Waals surface area contributed by atoms with Crippen LogP contribution in [-0.2, 0) is 4.79 Å². The molecule has 0 bridgehead atoms. The Balaban J connectivity index is 1.55. The lowest BCUT2D eigenvalue weighted by atomic mass is 10.1. The number of hydrogen-bond acceptors (Lipinski definition) is 4. The van der Waals surface area contributed by atoms with Gasteiger partial charge in [-0.2, -0.15) is 0 Å². The molecule has 1 aromatic carbocycles. The molecule has 0 spiro atoms. The number of ether oxygens (including phenoxy) is 2. The third kappa shape index (κ3) is 2.64. The summed E-state index contributed by atoms with van der Waals surface area (Å²) in [5.74, 6) is 2.62. The van der Waals surface area contributed by atoms with Crippen LogP contribution in [0.15, 0.2) is 37.1 Å². The summed E-state index contributed by atoms with van der Waals surface area (Å²) >= 11 is 0. The Hall–Kier alpha value is -2.76. The van der Waals surface area contributed by atoms with Crippen LogP contribution in [0, 0.1) is 0 Å². The van der Waals surface area contributed by atoms with Crippen molar-refractivity contribution in [1.29, 1.82) is 0 Å². The zero-order valence-electron chi connectivity index (χ0n) is 13.3. The van der Waals surface area contributed by atoms with Gasteiger partial charge in [-0.3, -0.25) is 4.79 Å². The largest absolute Gasteiger partial charge is 0.486 e. The number of nitrogens with zero attached hydrogens (tertiary/aromatic N) is 2. The number of nitrogens with one attached hydrogen (secondary N) is 1. The van der Waals surface area contributed by atoms with Crippen LogP contribution in [0.25, 0.3) is 11.3 Å². The normalized spacial score (nSPS) is 19.6. The summed E-state index contributed by atoms with van der Waals surface area (Å²) in [4.78, 5) is 21.6. The van der Waals surface area contributed by atoms with Gasteiger partial charge in [0.25, 0.3) is 0 Å². The smallest absolute Gasteiger partial charge is 0.223 e. The number of likely N-dealkylation sites (tertiary alicyclic amines) is 1. The molecule has 124 valence electrons. The average Bonchev–Trinajstić information content (AvgIpc) is 3.22. The third-order valence-corrected chi connectivity index (χ3v) is 4.40. The van der Waals surface area contributed by atoms with Crippen LogP contribution in [0.3, 0.4) is 0 Å². The number of rotatable bonds is 4. The van der Waals surface area contributed by atoms with Crippen LogP contribution in [-0.4, -0.2) is 47.1 Å². The predicted molar refractivity (Wildman–Crippen MR) is 89.1 cm³/mol. The molecule has 24 heavy (non-hydrogen) atoms. The molecule has 1 fully saturated rings. The first kappa shape index (κ1) is 14.8. The van der Waals surface area contributed by atoms with E-state index in [1.54, 1.807) is 12.3 Å². The Bertz CT molecular complexity index is 784. The number of H-pyrrole nitrogens is 1. The van der Waals surface area contributed by atoms with Crippen molar-refractivity contribution in [3.05, 3.63) is 42.9 Å². The van der Waals surface area contributed by atoms with Gasteiger partial charge in [0.15, 0.2) is 11.5 Å². The van der Waals surface area contributed by atoms with Gasteiger partial charge in [-0.05, 0) is 18.2 Å². The minimum atomic E-state index is 0.100. The number of carbonyl (C=O) groups excluding carboxylic acids is 1. The number of imidazole rings is 1. The van der Waals surface area contributed by atoms with E-state index in [4.69, 9.17) is 9.47 Å². The molecular formula is C18H19N3O3. The van der Waals surface area contributed by atoms with Crippen LogP contribution < -0.4 is 9.47 Å². The fraction of sp³-hybridized carbons (Fsp3) is 0.333. The summed E-state index contributed by atoms with van der Waals surface area (Å²) < 4.78 is 11.2. The maximum absolute atomic E-state index is 12.0. The van der Waals surface area contributed by atoms with Crippen molar-refractivity contribution >= 4 is 5.91 Å². The van der Waals surface area contributed by atoms with E-state index in [9.17, 15) is 4.79 Å². The molecule has 1 saturated heterocycles. The Morgan fingerprint density at radius 2 is 2.17 bits per heavy atom. The second-order valence-electron chi connectivity index (χ2n) is 6.03. The van der Waals surface area contributed by atoms with Crippen LogP contribution in [0.1, 0.15) is 18.2 Å². The standard InChI is InChI=1S/C18H19N3O3/c1-2-5-21-11-13(9-17(21)22)18-19-10-14(20-18)12-3-4-15-16(8-12)24-7-6-23-15/h2-4,8,10,13H,1,5-7,9,11H2,(H,19,20). The molecule has 3 heterocycles. The van der Waals surface area contributed by atoms with Gasteiger partial charge in [0.1, 0.15) is 19.0 Å². The lowest BCUT2D eigenvalue weighted by molar-refractivity contribution is -0.127. The molecule has 1 aromatic heterocycles. The number of aromatic amines is 1. The highest BCUT2D eigenvalue weighted by molar-refractivity contribution is 5.79. The lowest BCUT2D eigenvalue weighted by Crippen LogP contribution is -2.24. The number of aromatic nitrogens is 2. The molecule has 2 aromatic rings. The molecular weight excluding hydrogens is 306 g/mol. The van der Waals surface area contributed by atoms with Crippen LogP contribution >= 0.6 is 0 Å². The van der Waals surface area contributed by atoms with Gasteiger partial charge < -0.3 is 19.4 Å². The number of fused-ring (bicyclic) bond motifs is 1. The molecule has 6 nitrogen and oxygen atoms in total. The van der Waals surface area contributed by atoms with Crippen molar-refractivity contribution in [3.8, 4) is 22.8 Å². The van der Waals surface area contributed by atoms with Crippen LogP contribution in [0.5, 0.6) is 11.5 Å².